The van der Waals surface area contributed by atoms with Crippen LogP contribution in [0.4, 0.5) is 11.4 Å². The molecule has 0 saturated carbocycles. The van der Waals surface area contributed by atoms with E-state index in [-0.39, 0.29) is 4.90 Å². The molecule has 29 heavy (non-hydrogen) atoms. The lowest BCUT2D eigenvalue weighted by Crippen LogP contribution is -2.30. The van der Waals surface area contributed by atoms with Crippen molar-refractivity contribution in [3.8, 4) is 0 Å². The molecule has 1 aliphatic rings. The summed E-state index contributed by atoms with van der Waals surface area (Å²) in [6.07, 6.45) is 4.58. The second kappa shape index (κ2) is 9.24. The van der Waals surface area contributed by atoms with Crippen LogP contribution in [0.1, 0.15) is 43.4 Å². The molecular formula is C22H29N3O2S2. The maximum atomic E-state index is 12.8. The number of sulfonamides is 1. The van der Waals surface area contributed by atoms with Gasteiger partial charge in [-0.2, -0.15) is 4.31 Å². The zero-order valence-corrected chi connectivity index (χ0v) is 18.9. The highest BCUT2D eigenvalue weighted by Crippen LogP contribution is 2.28. The Balaban J connectivity index is 1.81. The summed E-state index contributed by atoms with van der Waals surface area (Å²) in [7, 11) is -3.52. The van der Waals surface area contributed by atoms with Crippen molar-refractivity contribution in [1.29, 1.82) is 0 Å². The van der Waals surface area contributed by atoms with Gasteiger partial charge in [0, 0.05) is 24.5 Å². The van der Waals surface area contributed by atoms with E-state index in [1.807, 2.05) is 32.9 Å². The highest BCUT2D eigenvalue weighted by atomic mass is 32.2. The van der Waals surface area contributed by atoms with Crippen LogP contribution in [0.2, 0.25) is 0 Å². The summed E-state index contributed by atoms with van der Waals surface area (Å²) in [5.74, 6) is 0. The molecular weight excluding hydrogens is 402 g/mol. The monoisotopic (exact) mass is 431 g/mol. The van der Waals surface area contributed by atoms with Gasteiger partial charge in [-0.05, 0) is 79.7 Å². The quantitative estimate of drug-likeness (QED) is 0.649. The Hall–Kier alpha value is -1.96. The number of fused-ring (bicyclic) bond motifs is 1. The molecule has 0 aliphatic heterocycles. The summed E-state index contributed by atoms with van der Waals surface area (Å²) in [6.45, 7) is 6.49. The van der Waals surface area contributed by atoms with Gasteiger partial charge in [-0.3, -0.25) is 0 Å². The van der Waals surface area contributed by atoms with Crippen LogP contribution in [-0.4, -0.2) is 30.9 Å². The van der Waals surface area contributed by atoms with Crippen LogP contribution in [-0.2, 0) is 22.9 Å². The van der Waals surface area contributed by atoms with E-state index in [1.165, 1.54) is 28.3 Å². The van der Waals surface area contributed by atoms with E-state index in [0.717, 1.165) is 24.1 Å². The first-order valence-electron chi connectivity index (χ1n) is 10.2. The van der Waals surface area contributed by atoms with Gasteiger partial charge in [-0.1, -0.05) is 32.0 Å². The molecule has 0 saturated heterocycles. The third kappa shape index (κ3) is 4.79. The molecule has 0 fully saturated rings. The Morgan fingerprint density at radius 1 is 1.03 bits per heavy atom. The van der Waals surface area contributed by atoms with Crippen molar-refractivity contribution in [2.75, 3.05) is 23.7 Å². The first-order valence-corrected chi connectivity index (χ1v) is 12.0. The van der Waals surface area contributed by atoms with Gasteiger partial charge in [0.15, 0.2) is 5.11 Å². The van der Waals surface area contributed by atoms with Crippen LogP contribution >= 0.6 is 12.2 Å². The number of nitrogens with one attached hydrogen (secondary N) is 2. The molecule has 0 heterocycles. The van der Waals surface area contributed by atoms with E-state index in [0.29, 0.717) is 23.9 Å². The highest BCUT2D eigenvalue weighted by molar-refractivity contribution is 7.89. The van der Waals surface area contributed by atoms with Crippen LogP contribution in [0.5, 0.6) is 0 Å². The molecule has 3 rings (SSSR count). The molecule has 5 nitrogen and oxygen atoms in total. The number of aryl methyl sites for hydroxylation is 2. The van der Waals surface area contributed by atoms with Gasteiger partial charge in [0.25, 0.3) is 0 Å². The molecule has 0 bridgehead atoms. The predicted octanol–water partition coefficient (Wildman–Crippen LogP) is 4.71. The summed E-state index contributed by atoms with van der Waals surface area (Å²) in [5.41, 5.74) is 5.37. The molecule has 7 heteroatoms. The lowest BCUT2D eigenvalue weighted by atomic mass is 9.90. The van der Waals surface area contributed by atoms with Gasteiger partial charge in [-0.25, -0.2) is 8.42 Å². The number of nitrogens with zero attached hydrogens (tertiary/aromatic N) is 1. The molecule has 0 aromatic heterocycles. The van der Waals surface area contributed by atoms with Gasteiger partial charge >= 0.3 is 0 Å². The van der Waals surface area contributed by atoms with Crippen molar-refractivity contribution in [3.05, 3.63) is 53.1 Å². The van der Waals surface area contributed by atoms with Crippen molar-refractivity contribution in [2.24, 2.45) is 0 Å². The zero-order chi connectivity index (χ0) is 21.0. The van der Waals surface area contributed by atoms with E-state index in [1.54, 1.807) is 12.1 Å². The van der Waals surface area contributed by atoms with E-state index in [4.69, 9.17) is 12.2 Å². The number of hydrogen-bond acceptors (Lipinski definition) is 3. The fourth-order valence-corrected chi connectivity index (χ4v) is 5.49. The second-order valence-corrected chi connectivity index (χ2v) is 9.64. The van der Waals surface area contributed by atoms with Crippen LogP contribution in [0.15, 0.2) is 41.3 Å². The lowest BCUT2D eigenvalue weighted by Gasteiger charge is -2.22. The fourth-order valence-electron chi connectivity index (χ4n) is 3.78. The van der Waals surface area contributed by atoms with Gasteiger partial charge in [0.2, 0.25) is 10.0 Å². The van der Waals surface area contributed by atoms with E-state index < -0.39 is 10.0 Å². The average Bonchev–Trinajstić information content (AvgIpc) is 2.70. The summed E-state index contributed by atoms with van der Waals surface area (Å²) >= 11 is 5.53. The first kappa shape index (κ1) is 21.7. The van der Waals surface area contributed by atoms with Gasteiger partial charge < -0.3 is 10.6 Å². The molecule has 156 valence electrons. The van der Waals surface area contributed by atoms with Crippen molar-refractivity contribution >= 4 is 38.7 Å². The van der Waals surface area contributed by atoms with Crippen LogP contribution in [0.25, 0.3) is 0 Å². The third-order valence-electron chi connectivity index (χ3n) is 5.44. The lowest BCUT2D eigenvalue weighted by molar-refractivity contribution is 0.445. The third-order valence-corrected chi connectivity index (χ3v) is 7.69. The summed E-state index contributed by atoms with van der Waals surface area (Å²) in [6, 6.07) is 11.4. The molecule has 0 amide bonds. The van der Waals surface area contributed by atoms with Crippen LogP contribution in [0, 0.1) is 6.92 Å². The van der Waals surface area contributed by atoms with Crippen molar-refractivity contribution in [1.82, 2.24) is 4.31 Å². The SMILES string of the molecule is CCN(CC)S(=O)(=O)c1ccc(C)c(NC(=S)Nc2cccc3c2CCCC3)c1. The van der Waals surface area contributed by atoms with Crippen LogP contribution in [0.3, 0.4) is 0 Å². The number of anilines is 2. The zero-order valence-electron chi connectivity index (χ0n) is 17.3. The summed E-state index contributed by atoms with van der Waals surface area (Å²) in [4.78, 5) is 0.272. The molecule has 2 N–H and O–H groups in total. The summed E-state index contributed by atoms with van der Waals surface area (Å²) in [5, 5.41) is 6.96. The number of hydrogen-bond donors (Lipinski definition) is 2. The van der Waals surface area contributed by atoms with Gasteiger partial charge in [-0.15, -0.1) is 0 Å². The first-order chi connectivity index (χ1) is 13.9. The van der Waals surface area contributed by atoms with Crippen molar-refractivity contribution in [3.63, 3.8) is 0 Å². The smallest absolute Gasteiger partial charge is 0.243 e. The summed E-state index contributed by atoms with van der Waals surface area (Å²) < 4.78 is 27.1. The Morgan fingerprint density at radius 2 is 1.72 bits per heavy atom. The van der Waals surface area contributed by atoms with Crippen molar-refractivity contribution in [2.45, 2.75) is 51.3 Å². The molecule has 1 aliphatic carbocycles. The molecule has 0 radical (unpaired) electrons. The predicted molar refractivity (Wildman–Crippen MR) is 124 cm³/mol. The van der Waals surface area contributed by atoms with E-state index in [9.17, 15) is 8.42 Å². The second-order valence-electron chi connectivity index (χ2n) is 7.30. The molecule has 0 spiro atoms. The van der Waals surface area contributed by atoms with Gasteiger partial charge in [0.1, 0.15) is 0 Å². The van der Waals surface area contributed by atoms with Crippen molar-refractivity contribution < 1.29 is 8.42 Å². The standard InChI is InChI=1S/C22H29N3O2S2/c1-4-25(5-2)29(26,27)18-14-13-16(3)21(15-18)24-22(28)23-20-12-8-10-17-9-6-7-11-19(17)20/h8,10,12-15H,4-7,9,11H2,1-3H3,(H2,23,24,28). The minimum absolute atomic E-state index is 0.272. The average molecular weight is 432 g/mol. The van der Waals surface area contributed by atoms with Crippen LogP contribution < -0.4 is 10.6 Å². The molecule has 0 atom stereocenters. The maximum Gasteiger partial charge on any atom is 0.243 e. The maximum absolute atomic E-state index is 12.8. The Kier molecular flexibility index (Phi) is 6.93. The molecule has 2 aromatic rings. The Morgan fingerprint density at radius 3 is 2.45 bits per heavy atom. The minimum atomic E-state index is -3.52. The van der Waals surface area contributed by atoms with Gasteiger partial charge in [0.05, 0.1) is 4.90 Å². The topological polar surface area (TPSA) is 61.4 Å². The number of thiocarbonyl (C=S) groups is 1. The normalized spacial score (nSPS) is 13.8. The molecule has 2 aromatic carbocycles. The Labute approximate surface area is 179 Å². The van der Waals surface area contributed by atoms with E-state index in [2.05, 4.69) is 22.8 Å². The number of benzene rings is 2. The Bertz CT molecular complexity index is 999. The number of rotatable bonds is 6. The largest absolute Gasteiger partial charge is 0.332 e. The molecule has 0 unspecified atom stereocenters. The minimum Gasteiger partial charge on any atom is -0.332 e. The fraction of sp³-hybridized carbons (Fsp3) is 0.409. The van der Waals surface area contributed by atoms with E-state index >= 15 is 0 Å². The highest BCUT2D eigenvalue weighted by Gasteiger charge is 2.22.